The number of sulfonamides is 1. The normalized spacial score (nSPS) is 17.4. The number of rotatable bonds is 7. The molecular formula is C23H28N2O5S. The van der Waals surface area contributed by atoms with Crippen LogP contribution in [0.4, 0.5) is 0 Å². The van der Waals surface area contributed by atoms with Crippen LogP contribution in [0, 0.1) is 6.92 Å². The summed E-state index contributed by atoms with van der Waals surface area (Å²) in [6.07, 6.45) is 1.90. The van der Waals surface area contributed by atoms with Crippen LogP contribution in [0.2, 0.25) is 0 Å². The molecule has 166 valence electrons. The topological polar surface area (TPSA) is 76.1 Å². The number of carbonyl (C=O) groups is 1. The highest BCUT2D eigenvalue weighted by atomic mass is 32.2. The molecule has 1 heterocycles. The molecule has 7 nitrogen and oxygen atoms in total. The summed E-state index contributed by atoms with van der Waals surface area (Å²) in [6.45, 7) is 3.85. The zero-order valence-corrected chi connectivity index (χ0v) is 18.7. The number of benzene rings is 2. The minimum absolute atomic E-state index is 0.102. The molecule has 1 aliphatic heterocycles. The Kier molecular flexibility index (Phi) is 6.31. The van der Waals surface area contributed by atoms with Gasteiger partial charge >= 0.3 is 0 Å². The van der Waals surface area contributed by atoms with Gasteiger partial charge in [-0.3, -0.25) is 4.79 Å². The maximum absolute atomic E-state index is 13.6. The van der Waals surface area contributed by atoms with Gasteiger partial charge in [-0.15, -0.1) is 0 Å². The van der Waals surface area contributed by atoms with Crippen molar-refractivity contribution in [1.29, 1.82) is 0 Å². The second kappa shape index (κ2) is 8.98. The minimum atomic E-state index is -3.71. The third-order valence-corrected chi connectivity index (χ3v) is 7.63. The summed E-state index contributed by atoms with van der Waals surface area (Å²) in [7, 11) is -2.22. The van der Waals surface area contributed by atoms with E-state index in [1.165, 1.54) is 23.5 Å². The molecule has 2 fully saturated rings. The molecule has 2 aromatic rings. The van der Waals surface area contributed by atoms with E-state index in [0.29, 0.717) is 38.6 Å². The molecule has 1 saturated carbocycles. The lowest BCUT2D eigenvalue weighted by Crippen LogP contribution is -2.40. The Hall–Kier alpha value is -2.42. The average Bonchev–Trinajstić information content (AvgIpc) is 3.63. The van der Waals surface area contributed by atoms with E-state index in [4.69, 9.17) is 9.47 Å². The second-order valence-corrected chi connectivity index (χ2v) is 9.97. The Morgan fingerprint density at radius 2 is 1.81 bits per heavy atom. The highest BCUT2D eigenvalue weighted by Gasteiger charge is 2.35. The number of nitrogens with zero attached hydrogens (tertiary/aromatic N) is 2. The van der Waals surface area contributed by atoms with Gasteiger partial charge in [0.05, 0.1) is 30.8 Å². The first-order chi connectivity index (χ1) is 14.9. The molecule has 0 radical (unpaired) electrons. The van der Waals surface area contributed by atoms with E-state index < -0.39 is 10.0 Å². The standard InChI is InChI=1S/C23H28N2O5S/c1-17-3-5-18(6-4-17)16-25(19-7-8-19)23(26)21-15-20(9-10-22(21)29-2)31(27,28)24-11-13-30-14-12-24/h3-6,9-10,15,19H,7-8,11-14,16H2,1-2H3. The number of ether oxygens (including phenoxy) is 2. The van der Waals surface area contributed by atoms with Crippen LogP contribution < -0.4 is 4.74 Å². The van der Waals surface area contributed by atoms with Crippen LogP contribution in [0.3, 0.4) is 0 Å². The Morgan fingerprint density at radius 3 is 2.42 bits per heavy atom. The van der Waals surface area contributed by atoms with Crippen LogP contribution >= 0.6 is 0 Å². The first-order valence-electron chi connectivity index (χ1n) is 10.5. The second-order valence-electron chi connectivity index (χ2n) is 8.03. The van der Waals surface area contributed by atoms with E-state index in [1.807, 2.05) is 36.1 Å². The SMILES string of the molecule is COc1ccc(S(=O)(=O)N2CCOCC2)cc1C(=O)N(Cc1ccc(C)cc1)C1CC1. The largest absolute Gasteiger partial charge is 0.496 e. The van der Waals surface area contributed by atoms with E-state index in [0.717, 1.165) is 24.0 Å². The van der Waals surface area contributed by atoms with Gasteiger partial charge in [-0.05, 0) is 43.5 Å². The first kappa shape index (κ1) is 21.8. The molecule has 0 bridgehead atoms. The molecule has 0 atom stereocenters. The van der Waals surface area contributed by atoms with Crippen molar-refractivity contribution in [2.24, 2.45) is 0 Å². The summed E-state index contributed by atoms with van der Waals surface area (Å²) >= 11 is 0. The van der Waals surface area contributed by atoms with Crippen molar-refractivity contribution in [1.82, 2.24) is 9.21 Å². The fourth-order valence-electron chi connectivity index (χ4n) is 3.75. The summed E-state index contributed by atoms with van der Waals surface area (Å²) in [6, 6.07) is 12.8. The smallest absolute Gasteiger partial charge is 0.258 e. The van der Waals surface area contributed by atoms with Gasteiger partial charge in [0.15, 0.2) is 0 Å². The predicted octanol–water partition coefficient (Wildman–Crippen LogP) is 2.83. The van der Waals surface area contributed by atoms with Gasteiger partial charge in [-0.25, -0.2) is 8.42 Å². The lowest BCUT2D eigenvalue weighted by atomic mass is 10.1. The van der Waals surface area contributed by atoms with E-state index in [2.05, 4.69) is 0 Å². The Balaban J connectivity index is 1.65. The maximum atomic E-state index is 13.6. The molecule has 4 rings (SSSR count). The molecule has 2 aliphatic rings. The van der Waals surface area contributed by atoms with Gasteiger partial charge in [-0.1, -0.05) is 29.8 Å². The summed E-state index contributed by atoms with van der Waals surface area (Å²) in [5.74, 6) is 0.166. The number of methoxy groups -OCH3 is 1. The van der Waals surface area contributed by atoms with Crippen molar-refractivity contribution >= 4 is 15.9 Å². The fraction of sp³-hybridized carbons (Fsp3) is 0.435. The molecule has 0 unspecified atom stereocenters. The number of hydrogen-bond acceptors (Lipinski definition) is 5. The number of amides is 1. The molecule has 0 spiro atoms. The van der Waals surface area contributed by atoms with Gasteiger partial charge in [0.1, 0.15) is 5.75 Å². The van der Waals surface area contributed by atoms with Crippen molar-refractivity contribution in [2.75, 3.05) is 33.4 Å². The maximum Gasteiger partial charge on any atom is 0.258 e. The molecule has 31 heavy (non-hydrogen) atoms. The minimum Gasteiger partial charge on any atom is -0.496 e. The zero-order chi connectivity index (χ0) is 22.0. The lowest BCUT2D eigenvalue weighted by Gasteiger charge is -2.27. The summed E-state index contributed by atoms with van der Waals surface area (Å²) in [5.41, 5.74) is 2.48. The Labute approximate surface area is 183 Å². The number of hydrogen-bond donors (Lipinski definition) is 0. The van der Waals surface area contributed by atoms with Crippen LogP contribution in [0.5, 0.6) is 5.75 Å². The molecule has 0 N–H and O–H groups in total. The zero-order valence-electron chi connectivity index (χ0n) is 17.9. The number of aryl methyl sites for hydroxylation is 1. The van der Waals surface area contributed by atoms with Crippen LogP contribution in [-0.4, -0.2) is 63.0 Å². The molecule has 2 aromatic carbocycles. The highest BCUT2D eigenvalue weighted by Crippen LogP contribution is 2.33. The molecular weight excluding hydrogens is 416 g/mol. The lowest BCUT2D eigenvalue weighted by molar-refractivity contribution is 0.0723. The third kappa shape index (κ3) is 4.76. The third-order valence-electron chi connectivity index (χ3n) is 5.73. The van der Waals surface area contributed by atoms with Crippen LogP contribution in [-0.2, 0) is 21.3 Å². The van der Waals surface area contributed by atoms with Crippen molar-refractivity contribution in [3.8, 4) is 5.75 Å². The quantitative estimate of drug-likeness (QED) is 0.656. The van der Waals surface area contributed by atoms with Crippen LogP contribution in [0.1, 0.15) is 34.3 Å². The monoisotopic (exact) mass is 444 g/mol. The van der Waals surface area contributed by atoms with Gasteiger partial charge in [-0.2, -0.15) is 4.31 Å². The molecule has 1 aliphatic carbocycles. The van der Waals surface area contributed by atoms with Crippen molar-refractivity contribution < 1.29 is 22.7 Å². The van der Waals surface area contributed by atoms with Gasteiger partial charge in [0.2, 0.25) is 10.0 Å². The molecule has 0 aromatic heterocycles. The van der Waals surface area contributed by atoms with Crippen molar-refractivity contribution in [2.45, 2.75) is 37.2 Å². The molecule has 1 amide bonds. The van der Waals surface area contributed by atoms with Gasteiger partial charge < -0.3 is 14.4 Å². The Morgan fingerprint density at radius 1 is 1.13 bits per heavy atom. The predicted molar refractivity (Wildman–Crippen MR) is 117 cm³/mol. The summed E-state index contributed by atoms with van der Waals surface area (Å²) < 4.78 is 38.3. The first-order valence-corrected chi connectivity index (χ1v) is 12.0. The van der Waals surface area contributed by atoms with E-state index in [-0.39, 0.29) is 22.4 Å². The van der Waals surface area contributed by atoms with E-state index in [1.54, 1.807) is 6.07 Å². The van der Waals surface area contributed by atoms with Gasteiger partial charge in [0, 0.05) is 25.7 Å². The molecule has 8 heteroatoms. The van der Waals surface area contributed by atoms with Crippen LogP contribution in [0.15, 0.2) is 47.4 Å². The number of morpholine rings is 1. The number of carbonyl (C=O) groups excluding carboxylic acids is 1. The fourth-order valence-corrected chi connectivity index (χ4v) is 5.18. The average molecular weight is 445 g/mol. The molecule has 1 saturated heterocycles. The Bertz CT molecular complexity index is 1040. The van der Waals surface area contributed by atoms with Crippen molar-refractivity contribution in [3.63, 3.8) is 0 Å². The van der Waals surface area contributed by atoms with E-state index in [9.17, 15) is 13.2 Å². The summed E-state index contributed by atoms with van der Waals surface area (Å²) in [4.78, 5) is 15.5. The van der Waals surface area contributed by atoms with Crippen LogP contribution in [0.25, 0.3) is 0 Å². The van der Waals surface area contributed by atoms with E-state index >= 15 is 0 Å². The highest BCUT2D eigenvalue weighted by molar-refractivity contribution is 7.89. The van der Waals surface area contributed by atoms with Crippen molar-refractivity contribution in [3.05, 3.63) is 59.2 Å². The van der Waals surface area contributed by atoms with Gasteiger partial charge in [0.25, 0.3) is 5.91 Å². The summed E-state index contributed by atoms with van der Waals surface area (Å²) in [5, 5.41) is 0.